The molecule has 1 aromatic carbocycles. The molecular weight excluding hydrogens is 292 g/mol. The fourth-order valence-electron chi connectivity index (χ4n) is 2.39. The molecule has 2 N–H and O–H groups in total. The monoisotopic (exact) mass is 314 g/mol. The van der Waals surface area contributed by atoms with Crippen molar-refractivity contribution in [2.24, 2.45) is 5.73 Å². The Labute approximate surface area is 125 Å². The zero-order valence-corrected chi connectivity index (χ0v) is 13.4. The van der Waals surface area contributed by atoms with Crippen molar-refractivity contribution in [2.45, 2.75) is 18.7 Å². The van der Waals surface area contributed by atoms with E-state index in [-0.39, 0.29) is 5.75 Å². The molecule has 0 aliphatic carbocycles. The van der Waals surface area contributed by atoms with E-state index in [0.717, 1.165) is 24.4 Å². The number of rotatable bonds is 5. The molecule has 0 saturated carbocycles. The van der Waals surface area contributed by atoms with Gasteiger partial charge < -0.3 is 10.6 Å². The topological polar surface area (TPSA) is 63.4 Å². The third kappa shape index (κ3) is 3.48. The van der Waals surface area contributed by atoms with E-state index in [1.807, 2.05) is 29.2 Å². The van der Waals surface area contributed by atoms with Crippen LogP contribution in [0.5, 0.6) is 0 Å². The van der Waals surface area contributed by atoms with Crippen LogP contribution in [-0.2, 0) is 16.3 Å². The van der Waals surface area contributed by atoms with Crippen LogP contribution in [-0.4, -0.2) is 44.1 Å². The van der Waals surface area contributed by atoms with Gasteiger partial charge in [0.15, 0.2) is 9.84 Å². The second-order valence-corrected chi connectivity index (χ2v) is 8.48. The number of nitrogens with zero attached hydrogens (tertiary/aromatic N) is 1. The summed E-state index contributed by atoms with van der Waals surface area (Å²) in [5.74, 6) is 1.82. The van der Waals surface area contributed by atoms with Gasteiger partial charge in [-0.05, 0) is 30.7 Å². The summed E-state index contributed by atoms with van der Waals surface area (Å²) in [5.41, 5.74) is 7.73. The molecule has 1 aromatic rings. The molecule has 1 aliphatic heterocycles. The molecular formula is C14H22N2O2S2. The SMILES string of the molecule is CCS(=O)(=O)C1CSCCN1c1ccc(CCN)cc1. The normalized spacial score (nSPS) is 20.1. The Morgan fingerprint density at radius 2 is 2.05 bits per heavy atom. The van der Waals surface area contributed by atoms with Gasteiger partial charge in [0.2, 0.25) is 0 Å². The lowest BCUT2D eigenvalue weighted by Gasteiger charge is -2.36. The van der Waals surface area contributed by atoms with Gasteiger partial charge in [-0.15, -0.1) is 0 Å². The Morgan fingerprint density at radius 3 is 2.65 bits per heavy atom. The van der Waals surface area contributed by atoms with Crippen LogP contribution < -0.4 is 10.6 Å². The Morgan fingerprint density at radius 1 is 1.35 bits per heavy atom. The number of hydrogen-bond donors (Lipinski definition) is 1. The van der Waals surface area contributed by atoms with E-state index in [0.29, 0.717) is 12.3 Å². The van der Waals surface area contributed by atoms with E-state index < -0.39 is 15.2 Å². The first kappa shape index (κ1) is 15.7. The summed E-state index contributed by atoms with van der Waals surface area (Å²) in [7, 11) is -3.05. The Balaban J connectivity index is 2.23. The second-order valence-electron chi connectivity index (χ2n) is 4.88. The molecule has 1 fully saturated rings. The molecule has 4 nitrogen and oxygen atoms in total. The van der Waals surface area contributed by atoms with Crippen molar-refractivity contribution in [3.8, 4) is 0 Å². The number of anilines is 1. The summed E-state index contributed by atoms with van der Waals surface area (Å²) >= 11 is 1.72. The maximum absolute atomic E-state index is 12.2. The maximum Gasteiger partial charge on any atom is 0.171 e. The largest absolute Gasteiger partial charge is 0.353 e. The molecule has 1 heterocycles. The number of nitrogens with two attached hydrogens (primary N) is 1. The Kier molecular flexibility index (Phi) is 5.35. The molecule has 1 saturated heterocycles. The lowest BCUT2D eigenvalue weighted by Crippen LogP contribution is -2.48. The van der Waals surface area contributed by atoms with Crippen LogP contribution in [0.2, 0.25) is 0 Å². The first-order valence-electron chi connectivity index (χ1n) is 6.93. The first-order chi connectivity index (χ1) is 9.58. The summed E-state index contributed by atoms with van der Waals surface area (Å²) in [6, 6.07) is 8.11. The summed E-state index contributed by atoms with van der Waals surface area (Å²) in [5, 5.41) is -0.397. The van der Waals surface area contributed by atoms with Crippen molar-refractivity contribution < 1.29 is 8.42 Å². The Hall–Kier alpha value is -0.720. The molecule has 112 valence electrons. The highest BCUT2D eigenvalue weighted by Gasteiger charge is 2.32. The number of hydrogen-bond acceptors (Lipinski definition) is 5. The molecule has 2 rings (SSSR count). The summed E-state index contributed by atoms with van der Waals surface area (Å²) in [6.07, 6.45) is 0.854. The van der Waals surface area contributed by atoms with E-state index in [4.69, 9.17) is 5.73 Å². The van der Waals surface area contributed by atoms with Crippen LogP contribution in [0.25, 0.3) is 0 Å². The summed E-state index contributed by atoms with van der Waals surface area (Å²) < 4.78 is 24.5. The lowest BCUT2D eigenvalue weighted by atomic mass is 10.1. The van der Waals surface area contributed by atoms with Crippen molar-refractivity contribution in [2.75, 3.05) is 35.2 Å². The number of sulfone groups is 1. The second kappa shape index (κ2) is 6.83. The van der Waals surface area contributed by atoms with E-state index in [9.17, 15) is 8.42 Å². The average Bonchev–Trinajstić information content (AvgIpc) is 2.48. The van der Waals surface area contributed by atoms with Gasteiger partial charge in [0.25, 0.3) is 0 Å². The van der Waals surface area contributed by atoms with Crippen LogP contribution in [0.15, 0.2) is 24.3 Å². The predicted octanol–water partition coefficient (Wildman–Crippen LogP) is 1.50. The van der Waals surface area contributed by atoms with Gasteiger partial charge in [0.05, 0.1) is 0 Å². The number of thioether (sulfide) groups is 1. The molecule has 0 radical (unpaired) electrons. The van der Waals surface area contributed by atoms with Gasteiger partial charge >= 0.3 is 0 Å². The van der Waals surface area contributed by atoms with Gasteiger partial charge in [0, 0.05) is 29.5 Å². The highest BCUT2D eigenvalue weighted by Crippen LogP contribution is 2.27. The molecule has 0 spiro atoms. The van der Waals surface area contributed by atoms with Crippen molar-refractivity contribution >= 4 is 27.3 Å². The van der Waals surface area contributed by atoms with Gasteiger partial charge in [0.1, 0.15) is 5.37 Å². The van der Waals surface area contributed by atoms with E-state index in [1.165, 1.54) is 5.56 Å². The first-order valence-corrected chi connectivity index (χ1v) is 9.80. The molecule has 0 amide bonds. The van der Waals surface area contributed by atoms with Gasteiger partial charge in [-0.1, -0.05) is 19.1 Å². The third-order valence-corrected chi connectivity index (χ3v) is 6.89. The zero-order valence-electron chi connectivity index (χ0n) is 11.8. The van der Waals surface area contributed by atoms with Crippen LogP contribution in [0.3, 0.4) is 0 Å². The number of benzene rings is 1. The minimum atomic E-state index is -3.05. The van der Waals surface area contributed by atoms with Crippen LogP contribution in [0, 0.1) is 0 Å². The van der Waals surface area contributed by atoms with Crippen LogP contribution in [0.1, 0.15) is 12.5 Å². The van der Waals surface area contributed by atoms with E-state index >= 15 is 0 Å². The molecule has 0 bridgehead atoms. The molecule has 0 aromatic heterocycles. The van der Waals surface area contributed by atoms with Crippen molar-refractivity contribution in [3.63, 3.8) is 0 Å². The summed E-state index contributed by atoms with van der Waals surface area (Å²) in [4.78, 5) is 2.03. The molecule has 1 atom stereocenters. The van der Waals surface area contributed by atoms with Crippen LogP contribution in [0.4, 0.5) is 5.69 Å². The van der Waals surface area contributed by atoms with E-state index in [2.05, 4.69) is 0 Å². The van der Waals surface area contributed by atoms with Crippen molar-refractivity contribution in [1.29, 1.82) is 0 Å². The predicted molar refractivity (Wildman–Crippen MR) is 87.1 cm³/mol. The fraction of sp³-hybridized carbons (Fsp3) is 0.571. The van der Waals surface area contributed by atoms with Gasteiger partial charge in [-0.25, -0.2) is 8.42 Å². The minimum absolute atomic E-state index is 0.194. The van der Waals surface area contributed by atoms with Crippen molar-refractivity contribution in [3.05, 3.63) is 29.8 Å². The average molecular weight is 314 g/mol. The Bertz CT molecular complexity index is 529. The molecule has 1 unspecified atom stereocenters. The fourth-order valence-corrected chi connectivity index (χ4v) is 5.38. The molecule has 6 heteroatoms. The van der Waals surface area contributed by atoms with Crippen LogP contribution >= 0.6 is 11.8 Å². The lowest BCUT2D eigenvalue weighted by molar-refractivity contribution is 0.579. The van der Waals surface area contributed by atoms with Gasteiger partial charge in [-0.3, -0.25) is 0 Å². The quantitative estimate of drug-likeness (QED) is 0.892. The minimum Gasteiger partial charge on any atom is -0.353 e. The van der Waals surface area contributed by atoms with Gasteiger partial charge in [-0.2, -0.15) is 11.8 Å². The standard InChI is InChI=1S/C14H22N2O2S2/c1-2-20(17,18)14-11-19-10-9-16(14)13-5-3-12(4-6-13)7-8-15/h3-6,14H,2,7-11,15H2,1H3. The summed E-state index contributed by atoms with van der Waals surface area (Å²) in [6.45, 7) is 3.13. The maximum atomic E-state index is 12.2. The molecule has 20 heavy (non-hydrogen) atoms. The zero-order chi connectivity index (χ0) is 14.6. The third-order valence-electron chi connectivity index (χ3n) is 3.60. The smallest absolute Gasteiger partial charge is 0.171 e. The van der Waals surface area contributed by atoms with E-state index in [1.54, 1.807) is 18.7 Å². The molecule has 1 aliphatic rings. The highest BCUT2D eigenvalue weighted by molar-refractivity contribution is 8.01. The van der Waals surface area contributed by atoms with Crippen molar-refractivity contribution in [1.82, 2.24) is 0 Å². The highest BCUT2D eigenvalue weighted by atomic mass is 32.2.